The molecule has 1 fully saturated rings. The van der Waals surface area contributed by atoms with Gasteiger partial charge in [-0.05, 0) is 36.9 Å². The highest BCUT2D eigenvalue weighted by atomic mass is 35.5. The minimum Gasteiger partial charge on any atom is -0.493 e. The van der Waals surface area contributed by atoms with Gasteiger partial charge in [0, 0.05) is 18.7 Å². The van der Waals surface area contributed by atoms with E-state index in [-0.39, 0.29) is 23.7 Å². The van der Waals surface area contributed by atoms with E-state index in [4.69, 9.17) is 26.8 Å². The van der Waals surface area contributed by atoms with Crippen molar-refractivity contribution in [3.8, 4) is 11.5 Å². The van der Waals surface area contributed by atoms with Crippen LogP contribution in [-0.2, 0) is 0 Å². The number of rotatable bonds is 7. The number of methoxy groups -OCH3 is 1. The lowest BCUT2D eigenvalue weighted by molar-refractivity contribution is 0.0776. The van der Waals surface area contributed by atoms with Crippen LogP contribution >= 0.6 is 24.0 Å². The van der Waals surface area contributed by atoms with Crippen LogP contribution in [0.1, 0.15) is 43.5 Å². The van der Waals surface area contributed by atoms with Gasteiger partial charge in [0.1, 0.15) is 0 Å². The summed E-state index contributed by atoms with van der Waals surface area (Å²) in [6, 6.07) is 3.36. The Balaban J connectivity index is 0.00000312. The van der Waals surface area contributed by atoms with Crippen molar-refractivity contribution in [3.63, 3.8) is 0 Å². The van der Waals surface area contributed by atoms with Crippen LogP contribution in [0.5, 0.6) is 11.5 Å². The third-order valence-electron chi connectivity index (χ3n) is 4.56. The van der Waals surface area contributed by atoms with Gasteiger partial charge in [0.2, 0.25) is 0 Å². The maximum Gasteiger partial charge on any atom is 0.254 e. The summed E-state index contributed by atoms with van der Waals surface area (Å²) in [7, 11) is 1.55. The Morgan fingerprint density at radius 1 is 1.44 bits per heavy atom. The molecule has 1 unspecified atom stereocenters. The first-order valence-electron chi connectivity index (χ1n) is 8.44. The SMILES string of the molecule is CCCCOc1c(Cl)cc(C(=O)N2CCC(C)(CN)C2)cc1OC.Cl. The third kappa shape index (κ3) is 5.16. The van der Waals surface area contributed by atoms with E-state index >= 15 is 0 Å². The number of nitrogens with two attached hydrogens (primary N) is 1. The van der Waals surface area contributed by atoms with Crippen LogP contribution in [0.4, 0.5) is 0 Å². The number of likely N-dealkylation sites (tertiary alicyclic amines) is 1. The number of hydrogen-bond acceptors (Lipinski definition) is 4. The molecular weight excluding hydrogens is 363 g/mol. The molecule has 0 saturated carbocycles. The fourth-order valence-electron chi connectivity index (χ4n) is 2.85. The molecule has 1 aliphatic rings. The van der Waals surface area contributed by atoms with Crippen molar-refractivity contribution >= 4 is 29.9 Å². The molecule has 2 N–H and O–H groups in total. The van der Waals surface area contributed by atoms with E-state index in [1.165, 1.54) is 0 Å². The van der Waals surface area contributed by atoms with E-state index in [0.717, 1.165) is 19.3 Å². The molecule has 0 bridgehead atoms. The van der Waals surface area contributed by atoms with Gasteiger partial charge in [-0.25, -0.2) is 0 Å². The van der Waals surface area contributed by atoms with Gasteiger partial charge in [0.05, 0.1) is 18.7 Å². The zero-order chi connectivity index (χ0) is 17.7. The first kappa shape index (κ1) is 21.9. The van der Waals surface area contributed by atoms with Crippen LogP contribution in [0.3, 0.4) is 0 Å². The van der Waals surface area contributed by atoms with Crippen LogP contribution in [0.2, 0.25) is 5.02 Å². The van der Waals surface area contributed by atoms with E-state index in [1.807, 2.05) is 4.90 Å². The lowest BCUT2D eigenvalue weighted by Gasteiger charge is -2.23. The van der Waals surface area contributed by atoms with Gasteiger partial charge in [0.25, 0.3) is 5.91 Å². The number of carbonyl (C=O) groups excluding carboxylic acids is 1. The molecule has 0 radical (unpaired) electrons. The number of ether oxygens (including phenoxy) is 2. The Labute approximate surface area is 161 Å². The lowest BCUT2D eigenvalue weighted by atomic mass is 9.90. The van der Waals surface area contributed by atoms with Crippen LogP contribution < -0.4 is 15.2 Å². The first-order chi connectivity index (χ1) is 11.4. The predicted molar refractivity (Wildman–Crippen MR) is 103 cm³/mol. The summed E-state index contributed by atoms with van der Waals surface area (Å²) in [4.78, 5) is 14.6. The van der Waals surface area contributed by atoms with Crippen LogP contribution in [0, 0.1) is 5.41 Å². The smallest absolute Gasteiger partial charge is 0.254 e. The summed E-state index contributed by atoms with van der Waals surface area (Å²) < 4.78 is 11.1. The molecule has 1 atom stereocenters. The lowest BCUT2D eigenvalue weighted by Crippen LogP contribution is -2.34. The summed E-state index contributed by atoms with van der Waals surface area (Å²) in [5, 5.41) is 0.398. The minimum absolute atomic E-state index is 0. The molecule has 1 saturated heterocycles. The zero-order valence-electron chi connectivity index (χ0n) is 15.1. The molecule has 1 heterocycles. The van der Waals surface area contributed by atoms with Crippen molar-refractivity contribution in [2.75, 3.05) is 33.4 Å². The number of hydrogen-bond donors (Lipinski definition) is 1. The molecule has 1 aliphatic heterocycles. The average Bonchev–Trinajstić information content (AvgIpc) is 2.98. The predicted octanol–water partition coefficient (Wildman–Crippen LogP) is 3.76. The van der Waals surface area contributed by atoms with E-state index in [0.29, 0.717) is 48.3 Å². The number of halogens is 2. The van der Waals surface area contributed by atoms with Gasteiger partial charge in [0.15, 0.2) is 11.5 Å². The van der Waals surface area contributed by atoms with E-state index in [1.54, 1.807) is 19.2 Å². The summed E-state index contributed by atoms with van der Waals surface area (Å²) in [6.45, 7) is 6.72. The summed E-state index contributed by atoms with van der Waals surface area (Å²) in [5.41, 5.74) is 6.33. The Morgan fingerprint density at radius 2 is 2.16 bits per heavy atom. The number of carbonyl (C=O) groups is 1. The molecule has 5 nitrogen and oxygen atoms in total. The topological polar surface area (TPSA) is 64.8 Å². The molecule has 0 spiro atoms. The zero-order valence-corrected chi connectivity index (χ0v) is 16.7. The highest BCUT2D eigenvalue weighted by Gasteiger charge is 2.35. The Hall–Kier alpha value is -1.17. The number of benzene rings is 1. The van der Waals surface area contributed by atoms with Gasteiger partial charge in [-0.1, -0.05) is 31.9 Å². The van der Waals surface area contributed by atoms with Crippen molar-refractivity contribution in [2.45, 2.75) is 33.1 Å². The number of nitrogens with zero attached hydrogens (tertiary/aromatic N) is 1. The average molecular weight is 391 g/mol. The second kappa shape index (κ2) is 9.51. The van der Waals surface area contributed by atoms with E-state index in [2.05, 4.69) is 13.8 Å². The van der Waals surface area contributed by atoms with Crippen molar-refractivity contribution in [2.24, 2.45) is 11.1 Å². The van der Waals surface area contributed by atoms with Gasteiger partial charge < -0.3 is 20.1 Å². The van der Waals surface area contributed by atoms with Crippen LogP contribution in [-0.4, -0.2) is 44.2 Å². The Morgan fingerprint density at radius 3 is 2.72 bits per heavy atom. The third-order valence-corrected chi connectivity index (χ3v) is 4.84. The molecule has 0 aliphatic carbocycles. The molecule has 1 amide bonds. The molecule has 1 aromatic carbocycles. The maximum absolute atomic E-state index is 12.8. The molecule has 2 rings (SSSR count). The van der Waals surface area contributed by atoms with E-state index in [9.17, 15) is 4.79 Å². The van der Waals surface area contributed by atoms with Crippen molar-refractivity contribution < 1.29 is 14.3 Å². The highest BCUT2D eigenvalue weighted by Crippen LogP contribution is 2.38. The van der Waals surface area contributed by atoms with Gasteiger partial charge in [-0.2, -0.15) is 0 Å². The fraction of sp³-hybridized carbons (Fsp3) is 0.611. The second-order valence-corrected chi connectivity index (χ2v) is 7.09. The molecule has 142 valence electrons. The highest BCUT2D eigenvalue weighted by molar-refractivity contribution is 6.32. The summed E-state index contributed by atoms with van der Waals surface area (Å²) in [6.07, 6.45) is 2.88. The standard InChI is InChI=1S/C18H27ClN2O3.ClH/c1-4-5-8-24-16-14(19)9-13(10-15(16)23-3)17(22)21-7-6-18(2,11-20)12-21;/h9-10H,4-8,11-12,20H2,1-3H3;1H. The van der Waals surface area contributed by atoms with Crippen molar-refractivity contribution in [3.05, 3.63) is 22.7 Å². The van der Waals surface area contributed by atoms with Gasteiger partial charge >= 0.3 is 0 Å². The molecule has 25 heavy (non-hydrogen) atoms. The summed E-state index contributed by atoms with van der Waals surface area (Å²) >= 11 is 6.33. The minimum atomic E-state index is -0.0486. The first-order valence-corrected chi connectivity index (χ1v) is 8.81. The summed E-state index contributed by atoms with van der Waals surface area (Å²) in [5.74, 6) is 0.938. The van der Waals surface area contributed by atoms with Crippen LogP contribution in [0.15, 0.2) is 12.1 Å². The molecule has 1 aromatic rings. The Kier molecular flexibility index (Phi) is 8.32. The second-order valence-electron chi connectivity index (χ2n) is 6.68. The molecule has 0 aromatic heterocycles. The largest absolute Gasteiger partial charge is 0.493 e. The number of amides is 1. The van der Waals surface area contributed by atoms with E-state index < -0.39 is 0 Å². The maximum atomic E-state index is 12.8. The van der Waals surface area contributed by atoms with Crippen LogP contribution in [0.25, 0.3) is 0 Å². The van der Waals surface area contributed by atoms with Crippen molar-refractivity contribution in [1.82, 2.24) is 4.90 Å². The monoisotopic (exact) mass is 390 g/mol. The van der Waals surface area contributed by atoms with Gasteiger partial charge in [-0.3, -0.25) is 4.79 Å². The fourth-order valence-corrected chi connectivity index (χ4v) is 3.11. The normalized spacial score (nSPS) is 19.5. The molecule has 7 heteroatoms. The van der Waals surface area contributed by atoms with Gasteiger partial charge in [-0.15, -0.1) is 12.4 Å². The van der Waals surface area contributed by atoms with Crippen molar-refractivity contribution in [1.29, 1.82) is 0 Å². The number of unbranched alkanes of at least 4 members (excludes halogenated alkanes) is 1. The Bertz CT molecular complexity index is 598. The molecular formula is C18H28Cl2N2O3. The quantitative estimate of drug-likeness (QED) is 0.719.